The highest BCUT2D eigenvalue weighted by molar-refractivity contribution is 5.77. The zero-order valence-corrected chi connectivity index (χ0v) is 17.1. The fourth-order valence-electron chi connectivity index (χ4n) is 3.01. The predicted molar refractivity (Wildman–Crippen MR) is 104 cm³/mol. The molecule has 0 atom stereocenters. The molecule has 3 heterocycles. The van der Waals surface area contributed by atoms with E-state index in [1.165, 1.54) is 0 Å². The summed E-state index contributed by atoms with van der Waals surface area (Å²) >= 11 is 0. The summed E-state index contributed by atoms with van der Waals surface area (Å²) in [6.45, 7) is 6.82. The Morgan fingerprint density at radius 2 is 2.07 bits per heavy atom. The molecule has 1 aromatic rings. The van der Waals surface area contributed by atoms with E-state index < -0.39 is 17.4 Å². The van der Waals surface area contributed by atoms with Crippen molar-refractivity contribution < 1.29 is 14.3 Å². The van der Waals surface area contributed by atoms with Gasteiger partial charge >= 0.3 is 6.09 Å². The third kappa shape index (κ3) is 5.76. The summed E-state index contributed by atoms with van der Waals surface area (Å²) in [4.78, 5) is 25.8. The lowest BCUT2D eigenvalue weighted by Gasteiger charge is -2.39. The summed E-state index contributed by atoms with van der Waals surface area (Å²) in [6, 6.07) is 0.0902. The number of carbonyl (C=O) groups excluding carboxylic acids is 2. The average molecular weight is 401 g/mol. The van der Waals surface area contributed by atoms with Gasteiger partial charge in [0.1, 0.15) is 11.3 Å². The van der Waals surface area contributed by atoms with Crippen molar-refractivity contribution in [3.05, 3.63) is 11.9 Å². The van der Waals surface area contributed by atoms with E-state index in [0.29, 0.717) is 44.5 Å². The molecule has 2 aliphatic rings. The van der Waals surface area contributed by atoms with Gasteiger partial charge in [0.2, 0.25) is 5.91 Å². The fraction of sp³-hybridized carbons (Fsp3) is 0.684. The molecule has 2 amide bonds. The first-order valence-corrected chi connectivity index (χ1v) is 9.72. The molecule has 156 valence electrons. The standard InChI is InChI=1S/C19H27N7O3/c1-5-6-8-19(22-23-19)9-7-16(27)25-12-15(13-25)26-11-14(21-24-26)10-20-17(28)29-18(2,3)4/h1,11,15H,6-10,12-13H2,2-4H3,(H,20,28). The minimum Gasteiger partial charge on any atom is -0.444 e. The molecule has 10 nitrogen and oxygen atoms in total. The lowest BCUT2D eigenvalue weighted by molar-refractivity contribution is -0.137. The van der Waals surface area contributed by atoms with Crippen LogP contribution < -0.4 is 5.32 Å². The molecule has 2 aliphatic heterocycles. The van der Waals surface area contributed by atoms with Crippen molar-refractivity contribution in [2.24, 2.45) is 10.2 Å². The number of nitrogens with zero attached hydrogens (tertiary/aromatic N) is 6. The number of nitrogens with one attached hydrogen (secondary N) is 1. The first-order valence-electron chi connectivity index (χ1n) is 9.72. The van der Waals surface area contributed by atoms with E-state index in [1.807, 2.05) is 0 Å². The number of likely N-dealkylation sites (tertiary alicyclic amines) is 1. The molecule has 1 fully saturated rings. The Balaban J connectivity index is 1.37. The largest absolute Gasteiger partial charge is 0.444 e. The summed E-state index contributed by atoms with van der Waals surface area (Å²) in [7, 11) is 0. The molecule has 1 saturated heterocycles. The van der Waals surface area contributed by atoms with Gasteiger partial charge in [-0.05, 0) is 20.8 Å². The average Bonchev–Trinajstić information content (AvgIpc) is 3.23. The minimum absolute atomic E-state index is 0.0885. The molecule has 0 bridgehead atoms. The van der Waals surface area contributed by atoms with Crippen molar-refractivity contribution >= 4 is 12.0 Å². The zero-order chi connectivity index (χ0) is 21.1. The summed E-state index contributed by atoms with van der Waals surface area (Å²) in [5.74, 6) is 2.67. The monoisotopic (exact) mass is 401 g/mol. The summed E-state index contributed by atoms with van der Waals surface area (Å²) < 4.78 is 6.92. The van der Waals surface area contributed by atoms with E-state index in [4.69, 9.17) is 11.2 Å². The Morgan fingerprint density at radius 1 is 1.34 bits per heavy atom. The van der Waals surface area contributed by atoms with Crippen LogP contribution in [0.15, 0.2) is 16.4 Å². The fourth-order valence-corrected chi connectivity index (χ4v) is 3.01. The van der Waals surface area contributed by atoms with Crippen LogP contribution in [-0.4, -0.2) is 56.2 Å². The van der Waals surface area contributed by atoms with Gasteiger partial charge in [0, 0.05) is 38.8 Å². The third-order valence-corrected chi connectivity index (χ3v) is 4.75. The van der Waals surface area contributed by atoms with Crippen molar-refractivity contribution in [3.63, 3.8) is 0 Å². The Hall–Kier alpha value is -2.96. The maximum Gasteiger partial charge on any atom is 0.407 e. The number of hydrogen-bond acceptors (Lipinski definition) is 7. The van der Waals surface area contributed by atoms with Gasteiger partial charge in [-0.3, -0.25) is 4.79 Å². The Kier molecular flexibility index (Phi) is 5.86. The molecule has 3 rings (SSSR count). The minimum atomic E-state index is -0.549. The van der Waals surface area contributed by atoms with E-state index in [0.717, 1.165) is 0 Å². The van der Waals surface area contributed by atoms with Gasteiger partial charge in [-0.15, -0.1) is 17.4 Å². The molecule has 0 radical (unpaired) electrons. The molecule has 1 N–H and O–H groups in total. The first-order chi connectivity index (χ1) is 13.7. The van der Waals surface area contributed by atoms with Gasteiger partial charge in [0.25, 0.3) is 0 Å². The van der Waals surface area contributed by atoms with Crippen molar-refractivity contribution in [1.82, 2.24) is 25.2 Å². The Morgan fingerprint density at radius 3 is 2.69 bits per heavy atom. The number of amides is 2. The van der Waals surface area contributed by atoms with Crippen LogP contribution in [0.2, 0.25) is 0 Å². The SMILES string of the molecule is C#CCCC1(CCC(=O)N2CC(n3cc(CNC(=O)OC(C)(C)C)nn3)C2)N=N1. The number of terminal acetylenes is 1. The van der Waals surface area contributed by atoms with Crippen molar-refractivity contribution in [2.45, 2.75) is 70.3 Å². The zero-order valence-electron chi connectivity index (χ0n) is 17.1. The molecular formula is C19H27N7O3. The van der Waals surface area contributed by atoms with Crippen LogP contribution >= 0.6 is 0 Å². The summed E-state index contributed by atoms with van der Waals surface area (Å²) in [6.07, 6.45) is 8.90. The molecule has 0 unspecified atom stereocenters. The van der Waals surface area contributed by atoms with Crippen LogP contribution in [0.4, 0.5) is 4.79 Å². The summed E-state index contributed by atoms with van der Waals surface area (Å²) in [5, 5.41) is 18.9. The van der Waals surface area contributed by atoms with Gasteiger partial charge in [0.15, 0.2) is 5.66 Å². The molecule has 0 spiro atoms. The topological polar surface area (TPSA) is 114 Å². The number of ether oxygens (including phenoxy) is 1. The number of hydrogen-bond donors (Lipinski definition) is 1. The van der Waals surface area contributed by atoms with E-state index in [-0.39, 0.29) is 18.5 Å². The maximum absolute atomic E-state index is 12.3. The van der Waals surface area contributed by atoms with Crippen molar-refractivity contribution in [2.75, 3.05) is 13.1 Å². The molecule has 0 aromatic carbocycles. The van der Waals surface area contributed by atoms with Crippen LogP contribution in [0.3, 0.4) is 0 Å². The second-order valence-electron chi connectivity index (χ2n) is 8.38. The molecule has 29 heavy (non-hydrogen) atoms. The third-order valence-electron chi connectivity index (χ3n) is 4.75. The normalized spacial score (nSPS) is 17.4. The number of alkyl carbamates (subject to hydrolysis) is 1. The second kappa shape index (κ2) is 8.19. The highest BCUT2D eigenvalue weighted by Gasteiger charge is 2.41. The van der Waals surface area contributed by atoms with Crippen LogP contribution in [0.25, 0.3) is 0 Å². The molecule has 10 heteroatoms. The maximum atomic E-state index is 12.3. The van der Waals surface area contributed by atoms with E-state index in [2.05, 4.69) is 31.8 Å². The van der Waals surface area contributed by atoms with Crippen LogP contribution in [0, 0.1) is 12.3 Å². The van der Waals surface area contributed by atoms with Crippen molar-refractivity contribution in [1.29, 1.82) is 0 Å². The lowest BCUT2D eigenvalue weighted by atomic mass is 10.0. The van der Waals surface area contributed by atoms with E-state index in [1.54, 1.807) is 36.5 Å². The van der Waals surface area contributed by atoms with Gasteiger partial charge in [0.05, 0.1) is 18.8 Å². The number of aromatic nitrogens is 3. The molecular weight excluding hydrogens is 374 g/mol. The number of carbonyl (C=O) groups is 2. The van der Waals surface area contributed by atoms with Gasteiger partial charge in [-0.25, -0.2) is 9.48 Å². The highest BCUT2D eigenvalue weighted by Crippen LogP contribution is 2.38. The van der Waals surface area contributed by atoms with Gasteiger partial charge in [-0.1, -0.05) is 5.21 Å². The first kappa shape index (κ1) is 20.8. The summed E-state index contributed by atoms with van der Waals surface area (Å²) in [5.41, 5.74) is -0.339. The highest BCUT2D eigenvalue weighted by atomic mass is 16.6. The van der Waals surface area contributed by atoms with E-state index in [9.17, 15) is 9.59 Å². The van der Waals surface area contributed by atoms with Gasteiger partial charge in [-0.2, -0.15) is 10.2 Å². The molecule has 0 aliphatic carbocycles. The van der Waals surface area contributed by atoms with Crippen molar-refractivity contribution in [3.8, 4) is 12.3 Å². The van der Waals surface area contributed by atoms with Crippen LogP contribution in [-0.2, 0) is 16.1 Å². The van der Waals surface area contributed by atoms with Crippen LogP contribution in [0.1, 0.15) is 58.2 Å². The Labute approximate surface area is 170 Å². The predicted octanol–water partition coefficient (Wildman–Crippen LogP) is 2.04. The van der Waals surface area contributed by atoms with Crippen LogP contribution in [0.5, 0.6) is 0 Å². The second-order valence-corrected chi connectivity index (χ2v) is 8.38. The lowest BCUT2D eigenvalue weighted by Crippen LogP contribution is -2.51. The quantitative estimate of drug-likeness (QED) is 0.670. The van der Waals surface area contributed by atoms with Gasteiger partial charge < -0.3 is 15.0 Å². The molecule has 1 aromatic heterocycles. The Bertz CT molecular complexity index is 822. The molecule has 0 saturated carbocycles. The van der Waals surface area contributed by atoms with E-state index >= 15 is 0 Å². The number of rotatable bonds is 8. The smallest absolute Gasteiger partial charge is 0.407 e.